The normalized spacial score (nSPS) is 14.5. The molecule has 0 saturated heterocycles. The van der Waals surface area contributed by atoms with E-state index in [1.165, 1.54) is 10.9 Å². The predicted octanol–water partition coefficient (Wildman–Crippen LogP) is 4.60. The van der Waals surface area contributed by atoms with Crippen LogP contribution in [0.25, 0.3) is 11.0 Å². The van der Waals surface area contributed by atoms with Crippen molar-refractivity contribution in [1.29, 1.82) is 0 Å². The minimum atomic E-state index is 0.259. The van der Waals surface area contributed by atoms with Crippen LogP contribution in [0.4, 0.5) is 0 Å². The number of furan rings is 1. The fraction of sp³-hybridized carbons (Fsp3) is 0.556. The Kier molecular flexibility index (Phi) is 5.83. The number of methoxy groups -OCH3 is 1. The fourth-order valence-electron chi connectivity index (χ4n) is 2.58. The Morgan fingerprint density at radius 1 is 1.29 bits per heavy atom. The maximum Gasteiger partial charge on any atom is 0.137 e. The first kappa shape index (κ1) is 16.1. The molecule has 0 spiro atoms. The number of ether oxygens (including phenoxy) is 1. The molecule has 3 nitrogen and oxygen atoms in total. The summed E-state index contributed by atoms with van der Waals surface area (Å²) in [4.78, 5) is 0. The second-order valence-electron chi connectivity index (χ2n) is 5.77. The molecule has 0 radical (unpaired) electrons. The lowest BCUT2D eigenvalue weighted by Gasteiger charge is -2.18. The number of benzene rings is 1. The van der Waals surface area contributed by atoms with E-state index < -0.39 is 0 Å². The number of hydrogen-bond acceptors (Lipinski definition) is 3. The summed E-state index contributed by atoms with van der Waals surface area (Å²) in [6.07, 6.45) is 3.44. The standard InChI is InChI=1S/C18H27NO2/c1-5-11-19-16(10-9-14(3)20-4)17-12-15-8-6-7-13(2)18(15)21-17/h6-8,12,14,16,19H,5,9-11H2,1-4H3. The summed E-state index contributed by atoms with van der Waals surface area (Å²) >= 11 is 0. The van der Waals surface area contributed by atoms with Gasteiger partial charge in [-0.05, 0) is 51.3 Å². The number of fused-ring (bicyclic) bond motifs is 1. The van der Waals surface area contributed by atoms with E-state index in [9.17, 15) is 0 Å². The highest BCUT2D eigenvalue weighted by Crippen LogP contribution is 2.29. The molecule has 1 aromatic carbocycles. The van der Waals surface area contributed by atoms with Crippen LogP contribution in [0.5, 0.6) is 0 Å². The molecular weight excluding hydrogens is 262 g/mol. The van der Waals surface area contributed by atoms with Gasteiger partial charge in [-0.1, -0.05) is 25.1 Å². The second kappa shape index (κ2) is 7.62. The summed E-state index contributed by atoms with van der Waals surface area (Å²) < 4.78 is 11.5. The Morgan fingerprint density at radius 3 is 2.76 bits per heavy atom. The molecule has 2 aromatic rings. The van der Waals surface area contributed by atoms with Crippen LogP contribution < -0.4 is 5.32 Å². The molecule has 1 aromatic heterocycles. The van der Waals surface area contributed by atoms with Gasteiger partial charge >= 0.3 is 0 Å². The molecule has 1 N–H and O–H groups in total. The summed E-state index contributed by atoms with van der Waals surface area (Å²) in [5, 5.41) is 4.78. The molecule has 2 atom stereocenters. The van der Waals surface area contributed by atoms with Crippen LogP contribution in [0.1, 0.15) is 50.5 Å². The predicted molar refractivity (Wildman–Crippen MR) is 87.7 cm³/mol. The van der Waals surface area contributed by atoms with Gasteiger partial charge in [0.05, 0.1) is 12.1 Å². The van der Waals surface area contributed by atoms with E-state index in [1.807, 2.05) is 0 Å². The van der Waals surface area contributed by atoms with Crippen LogP contribution in [0.2, 0.25) is 0 Å². The number of aryl methyl sites for hydroxylation is 1. The van der Waals surface area contributed by atoms with Crippen molar-refractivity contribution in [1.82, 2.24) is 5.32 Å². The molecule has 2 rings (SSSR count). The van der Waals surface area contributed by atoms with Crippen molar-refractivity contribution in [3.63, 3.8) is 0 Å². The van der Waals surface area contributed by atoms with E-state index in [2.05, 4.69) is 50.4 Å². The summed E-state index contributed by atoms with van der Waals surface area (Å²) in [7, 11) is 1.77. The number of nitrogens with one attached hydrogen (secondary N) is 1. The molecule has 0 aliphatic rings. The van der Waals surface area contributed by atoms with Crippen molar-refractivity contribution >= 4 is 11.0 Å². The maximum absolute atomic E-state index is 6.12. The van der Waals surface area contributed by atoms with Crippen LogP contribution in [-0.4, -0.2) is 19.8 Å². The van der Waals surface area contributed by atoms with Crippen LogP contribution >= 0.6 is 0 Å². The fourth-order valence-corrected chi connectivity index (χ4v) is 2.58. The van der Waals surface area contributed by atoms with Crippen molar-refractivity contribution < 1.29 is 9.15 Å². The van der Waals surface area contributed by atoms with Crippen molar-refractivity contribution in [3.05, 3.63) is 35.6 Å². The van der Waals surface area contributed by atoms with Gasteiger partial charge in [-0.3, -0.25) is 0 Å². The maximum atomic E-state index is 6.12. The molecule has 0 amide bonds. The van der Waals surface area contributed by atoms with E-state index in [4.69, 9.17) is 9.15 Å². The molecule has 3 heteroatoms. The molecule has 0 aliphatic heterocycles. The van der Waals surface area contributed by atoms with E-state index >= 15 is 0 Å². The Bertz CT molecular complexity index is 561. The zero-order valence-corrected chi connectivity index (χ0v) is 13.6. The van der Waals surface area contributed by atoms with Crippen LogP contribution in [0.15, 0.2) is 28.7 Å². The van der Waals surface area contributed by atoms with E-state index in [0.29, 0.717) is 0 Å². The van der Waals surface area contributed by atoms with Crippen molar-refractivity contribution in [2.24, 2.45) is 0 Å². The van der Waals surface area contributed by atoms with Gasteiger partial charge in [0.1, 0.15) is 11.3 Å². The molecule has 1 heterocycles. The van der Waals surface area contributed by atoms with Crippen molar-refractivity contribution in [2.75, 3.05) is 13.7 Å². The molecule has 2 unspecified atom stereocenters. The van der Waals surface area contributed by atoms with Gasteiger partial charge in [0.2, 0.25) is 0 Å². The highest BCUT2D eigenvalue weighted by molar-refractivity contribution is 5.80. The first-order valence-corrected chi connectivity index (χ1v) is 7.91. The SMILES string of the molecule is CCCNC(CCC(C)OC)c1cc2cccc(C)c2o1. The minimum absolute atomic E-state index is 0.259. The molecule has 0 aliphatic carbocycles. The van der Waals surface area contributed by atoms with E-state index in [-0.39, 0.29) is 12.1 Å². The molecule has 116 valence electrons. The summed E-state index contributed by atoms with van der Waals surface area (Å²) in [5.41, 5.74) is 2.20. The smallest absolute Gasteiger partial charge is 0.137 e. The van der Waals surface area contributed by atoms with Gasteiger partial charge < -0.3 is 14.5 Å². The highest BCUT2D eigenvalue weighted by Gasteiger charge is 2.17. The lowest BCUT2D eigenvalue weighted by atomic mass is 10.1. The number of rotatable bonds is 8. The van der Waals surface area contributed by atoms with Gasteiger partial charge in [0.15, 0.2) is 0 Å². The van der Waals surface area contributed by atoms with Gasteiger partial charge in [0, 0.05) is 12.5 Å². The van der Waals surface area contributed by atoms with Crippen molar-refractivity contribution in [3.8, 4) is 0 Å². The Morgan fingerprint density at radius 2 is 2.10 bits per heavy atom. The lowest BCUT2D eigenvalue weighted by Crippen LogP contribution is -2.23. The minimum Gasteiger partial charge on any atom is -0.459 e. The third-order valence-electron chi connectivity index (χ3n) is 4.01. The quantitative estimate of drug-likeness (QED) is 0.771. The largest absolute Gasteiger partial charge is 0.459 e. The topological polar surface area (TPSA) is 34.4 Å². The van der Waals surface area contributed by atoms with Gasteiger partial charge in [-0.2, -0.15) is 0 Å². The van der Waals surface area contributed by atoms with Gasteiger partial charge in [0.25, 0.3) is 0 Å². The molecular formula is C18H27NO2. The second-order valence-corrected chi connectivity index (χ2v) is 5.77. The molecule has 21 heavy (non-hydrogen) atoms. The Balaban J connectivity index is 2.18. The third-order valence-corrected chi connectivity index (χ3v) is 4.01. The summed E-state index contributed by atoms with van der Waals surface area (Å²) in [6, 6.07) is 8.72. The summed E-state index contributed by atoms with van der Waals surface area (Å²) in [5.74, 6) is 1.04. The molecule has 0 bridgehead atoms. The Labute approximate surface area is 127 Å². The van der Waals surface area contributed by atoms with Gasteiger partial charge in [-0.15, -0.1) is 0 Å². The molecule has 0 saturated carbocycles. The lowest BCUT2D eigenvalue weighted by molar-refractivity contribution is 0.105. The first-order valence-electron chi connectivity index (χ1n) is 7.91. The monoisotopic (exact) mass is 289 g/mol. The van der Waals surface area contributed by atoms with E-state index in [1.54, 1.807) is 7.11 Å². The Hall–Kier alpha value is -1.32. The first-order chi connectivity index (χ1) is 10.2. The number of para-hydroxylation sites is 1. The third kappa shape index (κ3) is 4.08. The average Bonchev–Trinajstić information content (AvgIpc) is 2.92. The number of hydrogen-bond donors (Lipinski definition) is 1. The average molecular weight is 289 g/mol. The van der Waals surface area contributed by atoms with E-state index in [0.717, 1.165) is 37.2 Å². The van der Waals surface area contributed by atoms with Crippen molar-refractivity contribution in [2.45, 2.75) is 52.2 Å². The highest BCUT2D eigenvalue weighted by atomic mass is 16.5. The zero-order valence-electron chi connectivity index (χ0n) is 13.6. The zero-order chi connectivity index (χ0) is 15.2. The van der Waals surface area contributed by atoms with Gasteiger partial charge in [-0.25, -0.2) is 0 Å². The van der Waals surface area contributed by atoms with Crippen LogP contribution in [0, 0.1) is 6.92 Å². The summed E-state index contributed by atoms with van der Waals surface area (Å²) in [6.45, 7) is 7.39. The molecule has 0 fully saturated rings. The van der Waals surface area contributed by atoms with Crippen LogP contribution in [0.3, 0.4) is 0 Å². The van der Waals surface area contributed by atoms with Crippen LogP contribution in [-0.2, 0) is 4.74 Å².